The Bertz CT molecular complexity index is 676. The third-order valence-corrected chi connectivity index (χ3v) is 3.61. The van der Waals surface area contributed by atoms with Gasteiger partial charge in [0.1, 0.15) is 0 Å². The molecule has 0 fully saturated rings. The SMILES string of the molecule is CC(C)NC(=O)Nc1ccc(NC(=O)/C=C/c2cccs2)cc1. The van der Waals surface area contributed by atoms with E-state index in [0.717, 1.165) is 4.88 Å². The lowest BCUT2D eigenvalue weighted by Gasteiger charge is -2.10. The fraction of sp³-hybridized carbons (Fsp3) is 0.176. The second-order valence-corrected chi connectivity index (χ2v) is 6.15. The molecule has 0 unspecified atom stereocenters. The van der Waals surface area contributed by atoms with Gasteiger partial charge in [-0.25, -0.2) is 4.79 Å². The largest absolute Gasteiger partial charge is 0.336 e. The van der Waals surface area contributed by atoms with E-state index in [0.29, 0.717) is 11.4 Å². The fourth-order valence-electron chi connectivity index (χ4n) is 1.79. The number of anilines is 2. The number of carbonyl (C=O) groups is 2. The Kier molecular flexibility index (Phi) is 5.94. The molecule has 23 heavy (non-hydrogen) atoms. The van der Waals surface area contributed by atoms with Gasteiger partial charge in [0.15, 0.2) is 0 Å². The van der Waals surface area contributed by atoms with Crippen LogP contribution >= 0.6 is 11.3 Å². The van der Waals surface area contributed by atoms with Gasteiger partial charge in [-0.15, -0.1) is 11.3 Å². The first kappa shape index (κ1) is 16.8. The molecular weight excluding hydrogens is 310 g/mol. The predicted octanol–water partition coefficient (Wildman–Crippen LogP) is 3.93. The van der Waals surface area contributed by atoms with Gasteiger partial charge in [0.2, 0.25) is 5.91 Å². The molecule has 3 amide bonds. The zero-order chi connectivity index (χ0) is 16.7. The topological polar surface area (TPSA) is 70.2 Å². The van der Waals surface area contributed by atoms with Crippen LogP contribution < -0.4 is 16.0 Å². The first-order valence-corrected chi connectivity index (χ1v) is 8.11. The molecule has 1 aromatic carbocycles. The van der Waals surface area contributed by atoms with Gasteiger partial charge in [0, 0.05) is 28.4 Å². The van der Waals surface area contributed by atoms with E-state index in [1.807, 2.05) is 31.4 Å². The van der Waals surface area contributed by atoms with E-state index in [1.165, 1.54) is 6.08 Å². The van der Waals surface area contributed by atoms with Crippen molar-refractivity contribution in [1.29, 1.82) is 0 Å². The molecule has 0 aliphatic carbocycles. The number of nitrogens with one attached hydrogen (secondary N) is 3. The lowest BCUT2D eigenvalue weighted by atomic mass is 10.2. The van der Waals surface area contributed by atoms with Crippen molar-refractivity contribution in [2.75, 3.05) is 10.6 Å². The van der Waals surface area contributed by atoms with Crippen molar-refractivity contribution in [2.45, 2.75) is 19.9 Å². The van der Waals surface area contributed by atoms with Crippen molar-refractivity contribution in [1.82, 2.24) is 5.32 Å². The van der Waals surface area contributed by atoms with Gasteiger partial charge in [-0.05, 0) is 55.6 Å². The predicted molar refractivity (Wildman–Crippen MR) is 95.7 cm³/mol. The Balaban J connectivity index is 1.87. The molecule has 2 aromatic rings. The number of benzene rings is 1. The Labute approximate surface area is 139 Å². The van der Waals surface area contributed by atoms with Crippen molar-refractivity contribution in [3.05, 3.63) is 52.7 Å². The molecule has 0 saturated carbocycles. The van der Waals surface area contributed by atoms with E-state index >= 15 is 0 Å². The van der Waals surface area contributed by atoms with Gasteiger partial charge < -0.3 is 16.0 Å². The third-order valence-electron chi connectivity index (χ3n) is 2.77. The molecule has 0 bridgehead atoms. The Hall–Kier alpha value is -2.60. The molecule has 0 spiro atoms. The highest BCUT2D eigenvalue weighted by molar-refractivity contribution is 7.10. The Morgan fingerprint density at radius 2 is 1.70 bits per heavy atom. The molecule has 0 atom stereocenters. The van der Waals surface area contributed by atoms with E-state index < -0.39 is 0 Å². The maximum absolute atomic E-state index is 11.8. The van der Waals surface area contributed by atoms with E-state index in [-0.39, 0.29) is 18.0 Å². The molecule has 6 heteroatoms. The monoisotopic (exact) mass is 329 g/mol. The summed E-state index contributed by atoms with van der Waals surface area (Å²) in [5.41, 5.74) is 1.33. The van der Waals surface area contributed by atoms with Gasteiger partial charge in [0.25, 0.3) is 0 Å². The molecule has 1 aromatic heterocycles. The first-order chi connectivity index (χ1) is 11.0. The van der Waals surface area contributed by atoms with E-state index in [9.17, 15) is 9.59 Å². The summed E-state index contributed by atoms with van der Waals surface area (Å²) in [6, 6.07) is 10.6. The van der Waals surface area contributed by atoms with Crippen LogP contribution in [0.15, 0.2) is 47.9 Å². The van der Waals surface area contributed by atoms with Crippen LogP contribution in [0.4, 0.5) is 16.2 Å². The van der Waals surface area contributed by atoms with Crippen LogP contribution in [0.25, 0.3) is 6.08 Å². The van der Waals surface area contributed by atoms with Crippen LogP contribution in [0.1, 0.15) is 18.7 Å². The quantitative estimate of drug-likeness (QED) is 0.727. The Morgan fingerprint density at radius 1 is 1.04 bits per heavy atom. The van der Waals surface area contributed by atoms with Gasteiger partial charge >= 0.3 is 6.03 Å². The lowest BCUT2D eigenvalue weighted by molar-refractivity contribution is -0.111. The average Bonchev–Trinajstić information content (AvgIpc) is 3.00. The van der Waals surface area contributed by atoms with Crippen molar-refractivity contribution in [2.24, 2.45) is 0 Å². The normalized spacial score (nSPS) is 10.7. The minimum Gasteiger partial charge on any atom is -0.336 e. The summed E-state index contributed by atoms with van der Waals surface area (Å²) in [4.78, 5) is 24.4. The zero-order valence-corrected chi connectivity index (χ0v) is 13.8. The fourth-order valence-corrected chi connectivity index (χ4v) is 2.41. The molecule has 0 radical (unpaired) electrons. The van der Waals surface area contributed by atoms with Crippen molar-refractivity contribution in [3.63, 3.8) is 0 Å². The summed E-state index contributed by atoms with van der Waals surface area (Å²) in [7, 11) is 0. The number of rotatable bonds is 5. The summed E-state index contributed by atoms with van der Waals surface area (Å²) in [6.45, 7) is 3.78. The summed E-state index contributed by atoms with van der Waals surface area (Å²) in [5, 5.41) is 10.2. The smallest absolute Gasteiger partial charge is 0.319 e. The molecule has 0 saturated heterocycles. The minimum absolute atomic E-state index is 0.0729. The lowest BCUT2D eigenvalue weighted by Crippen LogP contribution is -2.34. The number of urea groups is 1. The number of hydrogen-bond acceptors (Lipinski definition) is 3. The highest BCUT2D eigenvalue weighted by atomic mass is 32.1. The van der Waals surface area contributed by atoms with Crippen molar-refractivity contribution in [3.8, 4) is 0 Å². The van der Waals surface area contributed by atoms with Gasteiger partial charge in [-0.1, -0.05) is 6.07 Å². The van der Waals surface area contributed by atoms with Gasteiger partial charge in [-0.3, -0.25) is 4.79 Å². The maximum Gasteiger partial charge on any atom is 0.319 e. The number of amides is 3. The highest BCUT2D eigenvalue weighted by Crippen LogP contribution is 2.14. The molecule has 3 N–H and O–H groups in total. The van der Waals surface area contributed by atoms with Crippen molar-refractivity contribution >= 4 is 40.7 Å². The molecule has 0 aliphatic rings. The molecule has 1 heterocycles. The maximum atomic E-state index is 11.8. The number of hydrogen-bond donors (Lipinski definition) is 3. The van der Waals surface area contributed by atoms with E-state index in [1.54, 1.807) is 41.7 Å². The van der Waals surface area contributed by atoms with E-state index in [2.05, 4.69) is 16.0 Å². The van der Waals surface area contributed by atoms with Crippen LogP contribution in [0.3, 0.4) is 0 Å². The van der Waals surface area contributed by atoms with Crippen LogP contribution in [0, 0.1) is 0 Å². The van der Waals surface area contributed by atoms with Crippen LogP contribution in [-0.4, -0.2) is 18.0 Å². The van der Waals surface area contributed by atoms with Crippen molar-refractivity contribution < 1.29 is 9.59 Å². The summed E-state index contributed by atoms with van der Waals surface area (Å²) in [6.07, 6.45) is 3.26. The number of thiophene rings is 1. The molecule has 120 valence electrons. The highest BCUT2D eigenvalue weighted by Gasteiger charge is 2.03. The first-order valence-electron chi connectivity index (χ1n) is 7.23. The zero-order valence-electron chi connectivity index (χ0n) is 13.0. The van der Waals surface area contributed by atoms with Crippen LogP contribution in [0.2, 0.25) is 0 Å². The minimum atomic E-state index is -0.254. The number of carbonyl (C=O) groups excluding carboxylic acids is 2. The second kappa shape index (κ2) is 8.14. The average molecular weight is 329 g/mol. The molecular formula is C17H19N3O2S. The summed E-state index contributed by atoms with van der Waals surface area (Å²) < 4.78 is 0. The van der Waals surface area contributed by atoms with Crippen LogP contribution in [0.5, 0.6) is 0 Å². The summed E-state index contributed by atoms with van der Waals surface area (Å²) >= 11 is 1.57. The second-order valence-electron chi connectivity index (χ2n) is 5.17. The molecule has 2 rings (SSSR count). The molecule has 0 aliphatic heterocycles. The molecule has 5 nitrogen and oxygen atoms in total. The van der Waals surface area contributed by atoms with Crippen LogP contribution in [-0.2, 0) is 4.79 Å². The van der Waals surface area contributed by atoms with Gasteiger partial charge in [0.05, 0.1) is 0 Å². The standard InChI is InChI=1S/C17H19N3O2S/c1-12(2)18-17(22)20-14-7-5-13(6-8-14)19-16(21)10-9-15-4-3-11-23-15/h3-12H,1-2H3,(H,19,21)(H2,18,20,22)/b10-9+. The van der Waals surface area contributed by atoms with E-state index in [4.69, 9.17) is 0 Å². The van der Waals surface area contributed by atoms with Gasteiger partial charge in [-0.2, -0.15) is 0 Å². The third kappa shape index (κ3) is 5.96. The summed E-state index contributed by atoms with van der Waals surface area (Å²) in [5.74, 6) is -0.198. The Morgan fingerprint density at radius 3 is 2.26 bits per heavy atom.